The van der Waals surface area contributed by atoms with Gasteiger partial charge in [0.1, 0.15) is 5.76 Å². The van der Waals surface area contributed by atoms with Crippen molar-refractivity contribution in [1.82, 2.24) is 0 Å². The van der Waals surface area contributed by atoms with Crippen LogP contribution in [-0.2, 0) is 17.8 Å². The van der Waals surface area contributed by atoms with E-state index in [9.17, 15) is 0 Å². The van der Waals surface area contributed by atoms with Gasteiger partial charge in [0.15, 0.2) is 0 Å². The third-order valence-electron chi connectivity index (χ3n) is 2.88. The standard InChI is InChI=1S/C11H17NO2/c1-13-8-9-3-7-14-10(9)2-4-11(12)5-6-11/h3,7H,2,4-6,8,12H2,1H3. The van der Waals surface area contributed by atoms with Crippen molar-refractivity contribution in [2.75, 3.05) is 7.11 Å². The molecule has 0 saturated heterocycles. The number of aryl methyl sites for hydroxylation is 1. The van der Waals surface area contributed by atoms with E-state index in [0.717, 1.165) is 37.0 Å². The van der Waals surface area contributed by atoms with Crippen LogP contribution in [0.25, 0.3) is 0 Å². The van der Waals surface area contributed by atoms with Crippen LogP contribution in [-0.4, -0.2) is 12.6 Å². The molecule has 0 radical (unpaired) electrons. The number of rotatable bonds is 5. The number of hydrogen-bond donors (Lipinski definition) is 1. The van der Waals surface area contributed by atoms with Crippen LogP contribution in [0.15, 0.2) is 16.7 Å². The Morgan fingerprint density at radius 2 is 2.36 bits per heavy atom. The van der Waals surface area contributed by atoms with Gasteiger partial charge in [-0.2, -0.15) is 0 Å². The monoisotopic (exact) mass is 195 g/mol. The number of ether oxygens (including phenoxy) is 1. The summed E-state index contributed by atoms with van der Waals surface area (Å²) in [5.41, 5.74) is 7.27. The molecule has 2 N–H and O–H groups in total. The molecule has 0 atom stereocenters. The Morgan fingerprint density at radius 3 is 3.00 bits per heavy atom. The summed E-state index contributed by atoms with van der Waals surface area (Å²) in [4.78, 5) is 0. The molecule has 14 heavy (non-hydrogen) atoms. The fourth-order valence-electron chi connectivity index (χ4n) is 1.64. The topological polar surface area (TPSA) is 48.4 Å². The van der Waals surface area contributed by atoms with Crippen molar-refractivity contribution < 1.29 is 9.15 Å². The van der Waals surface area contributed by atoms with Crippen molar-refractivity contribution >= 4 is 0 Å². The predicted octanol–water partition coefficient (Wildman–Crippen LogP) is 1.85. The maximum atomic E-state index is 6.01. The Bertz CT molecular complexity index is 302. The molecule has 1 heterocycles. The second kappa shape index (κ2) is 3.75. The van der Waals surface area contributed by atoms with Crippen LogP contribution >= 0.6 is 0 Å². The molecule has 2 rings (SSSR count). The smallest absolute Gasteiger partial charge is 0.109 e. The molecule has 1 aromatic heterocycles. The molecule has 1 aliphatic rings. The molecule has 1 fully saturated rings. The maximum absolute atomic E-state index is 6.01. The minimum absolute atomic E-state index is 0.108. The summed E-state index contributed by atoms with van der Waals surface area (Å²) in [6.07, 6.45) is 6.00. The first kappa shape index (κ1) is 9.74. The summed E-state index contributed by atoms with van der Waals surface area (Å²) in [6.45, 7) is 0.628. The zero-order valence-corrected chi connectivity index (χ0v) is 8.58. The molecule has 0 bridgehead atoms. The quantitative estimate of drug-likeness (QED) is 0.780. The molecule has 78 valence electrons. The zero-order valence-electron chi connectivity index (χ0n) is 8.58. The van der Waals surface area contributed by atoms with Gasteiger partial charge in [-0.25, -0.2) is 0 Å². The van der Waals surface area contributed by atoms with E-state index in [1.165, 1.54) is 0 Å². The highest BCUT2D eigenvalue weighted by atomic mass is 16.5. The normalized spacial score (nSPS) is 18.4. The Hall–Kier alpha value is -0.800. The summed E-state index contributed by atoms with van der Waals surface area (Å²) in [6, 6.07) is 1.97. The van der Waals surface area contributed by atoms with Gasteiger partial charge in [-0.1, -0.05) is 0 Å². The minimum Gasteiger partial charge on any atom is -0.469 e. The van der Waals surface area contributed by atoms with E-state index in [0.29, 0.717) is 6.61 Å². The highest BCUT2D eigenvalue weighted by Crippen LogP contribution is 2.36. The summed E-state index contributed by atoms with van der Waals surface area (Å²) >= 11 is 0. The summed E-state index contributed by atoms with van der Waals surface area (Å²) in [7, 11) is 1.70. The van der Waals surface area contributed by atoms with Gasteiger partial charge in [-0.3, -0.25) is 0 Å². The van der Waals surface area contributed by atoms with Gasteiger partial charge < -0.3 is 14.9 Å². The fourth-order valence-corrected chi connectivity index (χ4v) is 1.64. The van der Waals surface area contributed by atoms with E-state index >= 15 is 0 Å². The minimum atomic E-state index is 0.108. The largest absolute Gasteiger partial charge is 0.469 e. The third-order valence-corrected chi connectivity index (χ3v) is 2.88. The van der Waals surface area contributed by atoms with E-state index in [1.807, 2.05) is 6.07 Å². The van der Waals surface area contributed by atoms with Gasteiger partial charge >= 0.3 is 0 Å². The van der Waals surface area contributed by atoms with Crippen molar-refractivity contribution in [3.63, 3.8) is 0 Å². The number of furan rings is 1. The average molecular weight is 195 g/mol. The van der Waals surface area contributed by atoms with E-state index in [2.05, 4.69) is 0 Å². The van der Waals surface area contributed by atoms with Crippen LogP contribution in [0.4, 0.5) is 0 Å². The molecular weight excluding hydrogens is 178 g/mol. The van der Waals surface area contributed by atoms with Crippen molar-refractivity contribution in [3.05, 3.63) is 23.7 Å². The van der Waals surface area contributed by atoms with Gasteiger partial charge in [0.2, 0.25) is 0 Å². The Balaban J connectivity index is 1.91. The number of methoxy groups -OCH3 is 1. The molecule has 1 aromatic rings. The molecule has 1 saturated carbocycles. The molecule has 0 unspecified atom stereocenters. The van der Waals surface area contributed by atoms with Crippen LogP contribution in [0, 0.1) is 0 Å². The van der Waals surface area contributed by atoms with Crippen LogP contribution in [0.2, 0.25) is 0 Å². The second-order valence-corrected chi connectivity index (χ2v) is 4.16. The third kappa shape index (κ3) is 2.16. The Kier molecular flexibility index (Phi) is 2.61. The highest BCUT2D eigenvalue weighted by Gasteiger charge is 2.37. The van der Waals surface area contributed by atoms with Gasteiger partial charge in [-0.05, 0) is 25.3 Å². The molecule has 3 heteroatoms. The van der Waals surface area contributed by atoms with Gasteiger partial charge in [0.25, 0.3) is 0 Å². The van der Waals surface area contributed by atoms with Gasteiger partial charge in [0.05, 0.1) is 12.9 Å². The lowest BCUT2D eigenvalue weighted by Gasteiger charge is -2.07. The molecule has 3 nitrogen and oxygen atoms in total. The zero-order chi connectivity index (χ0) is 10.0. The molecule has 0 spiro atoms. The lowest BCUT2D eigenvalue weighted by Crippen LogP contribution is -2.22. The number of hydrogen-bond acceptors (Lipinski definition) is 3. The van der Waals surface area contributed by atoms with E-state index in [1.54, 1.807) is 13.4 Å². The first-order valence-electron chi connectivity index (χ1n) is 5.07. The molecule has 1 aliphatic carbocycles. The second-order valence-electron chi connectivity index (χ2n) is 4.16. The van der Waals surface area contributed by atoms with Gasteiger partial charge in [0, 0.05) is 24.6 Å². The van der Waals surface area contributed by atoms with Crippen LogP contribution in [0.3, 0.4) is 0 Å². The van der Waals surface area contributed by atoms with Crippen molar-refractivity contribution in [2.24, 2.45) is 5.73 Å². The lowest BCUT2D eigenvalue weighted by atomic mass is 10.1. The van der Waals surface area contributed by atoms with Crippen LogP contribution in [0.5, 0.6) is 0 Å². The van der Waals surface area contributed by atoms with Crippen molar-refractivity contribution in [2.45, 2.75) is 37.8 Å². The van der Waals surface area contributed by atoms with E-state index in [-0.39, 0.29) is 5.54 Å². The predicted molar refractivity (Wildman–Crippen MR) is 53.9 cm³/mol. The Morgan fingerprint density at radius 1 is 1.57 bits per heavy atom. The Labute approximate surface area is 84.2 Å². The molecule has 0 aromatic carbocycles. The molecule has 0 amide bonds. The maximum Gasteiger partial charge on any atom is 0.109 e. The summed E-state index contributed by atoms with van der Waals surface area (Å²) in [5, 5.41) is 0. The highest BCUT2D eigenvalue weighted by molar-refractivity contribution is 5.17. The van der Waals surface area contributed by atoms with E-state index < -0.39 is 0 Å². The SMILES string of the molecule is COCc1ccoc1CCC1(N)CC1. The summed E-state index contributed by atoms with van der Waals surface area (Å²) < 4.78 is 10.5. The fraction of sp³-hybridized carbons (Fsp3) is 0.636. The number of nitrogens with two attached hydrogens (primary N) is 1. The van der Waals surface area contributed by atoms with Crippen LogP contribution < -0.4 is 5.73 Å². The lowest BCUT2D eigenvalue weighted by molar-refractivity contribution is 0.183. The molecule has 0 aliphatic heterocycles. The van der Waals surface area contributed by atoms with Crippen molar-refractivity contribution in [1.29, 1.82) is 0 Å². The average Bonchev–Trinajstić information content (AvgIpc) is 2.75. The first-order valence-corrected chi connectivity index (χ1v) is 5.07. The summed E-state index contributed by atoms with van der Waals surface area (Å²) in [5.74, 6) is 1.03. The van der Waals surface area contributed by atoms with Crippen LogP contribution in [0.1, 0.15) is 30.6 Å². The van der Waals surface area contributed by atoms with Gasteiger partial charge in [-0.15, -0.1) is 0 Å². The van der Waals surface area contributed by atoms with E-state index in [4.69, 9.17) is 14.9 Å². The molecular formula is C11H17NO2. The van der Waals surface area contributed by atoms with Crippen molar-refractivity contribution in [3.8, 4) is 0 Å². The first-order chi connectivity index (χ1) is 6.73.